The van der Waals surface area contributed by atoms with E-state index >= 15 is 0 Å². The molecule has 130 valence electrons. The first-order valence-corrected chi connectivity index (χ1v) is 9.83. The molecule has 3 aliphatic rings. The summed E-state index contributed by atoms with van der Waals surface area (Å²) in [6.45, 7) is 1.24. The second-order valence-electron chi connectivity index (χ2n) is 8.21. The topological polar surface area (TPSA) is 12.5 Å². The van der Waals surface area contributed by atoms with Gasteiger partial charge in [-0.3, -0.25) is 0 Å². The van der Waals surface area contributed by atoms with Crippen molar-refractivity contribution in [3.8, 4) is 11.5 Å². The van der Waals surface area contributed by atoms with Gasteiger partial charge in [0.15, 0.2) is 0 Å². The Balaban J connectivity index is 1.61. The van der Waals surface area contributed by atoms with Gasteiger partial charge in [-0.1, -0.05) is 43.2 Å². The van der Waals surface area contributed by atoms with Crippen molar-refractivity contribution in [2.45, 2.75) is 50.0 Å². The zero-order valence-electron chi connectivity index (χ0n) is 15.1. The Bertz CT molecular complexity index is 771. The minimum Gasteiger partial charge on any atom is -0.457 e. The molecule has 2 aliphatic carbocycles. The lowest BCUT2D eigenvalue weighted by molar-refractivity contribution is 0.00238. The predicted octanol–water partition coefficient (Wildman–Crippen LogP) is 5.17. The average molecular weight is 333 g/mol. The van der Waals surface area contributed by atoms with E-state index in [0.717, 1.165) is 23.8 Å². The molecule has 0 amide bonds. The summed E-state index contributed by atoms with van der Waals surface area (Å²) in [5, 5.41) is 0. The number of hydrogen-bond donors (Lipinski definition) is 0. The minimum absolute atomic E-state index is 0.402. The van der Waals surface area contributed by atoms with Crippen LogP contribution in [0.25, 0.3) is 0 Å². The molecule has 2 heteroatoms. The summed E-state index contributed by atoms with van der Waals surface area (Å²) in [7, 11) is 2.33. The van der Waals surface area contributed by atoms with Gasteiger partial charge in [-0.25, -0.2) is 0 Å². The smallest absolute Gasteiger partial charge is 0.130 e. The Morgan fingerprint density at radius 3 is 2.76 bits per heavy atom. The Kier molecular flexibility index (Phi) is 3.63. The van der Waals surface area contributed by atoms with E-state index in [1.54, 1.807) is 5.56 Å². The van der Waals surface area contributed by atoms with E-state index in [0.29, 0.717) is 11.5 Å². The summed E-state index contributed by atoms with van der Waals surface area (Å²) >= 11 is 0. The van der Waals surface area contributed by atoms with E-state index in [1.807, 2.05) is 18.2 Å². The lowest BCUT2D eigenvalue weighted by atomic mass is 9.52. The van der Waals surface area contributed by atoms with Crippen LogP contribution >= 0.6 is 0 Å². The van der Waals surface area contributed by atoms with Crippen LogP contribution in [0.5, 0.6) is 11.5 Å². The third kappa shape index (κ3) is 2.34. The van der Waals surface area contributed by atoms with E-state index in [1.165, 1.54) is 44.2 Å². The lowest BCUT2D eigenvalue weighted by Crippen LogP contribution is -2.59. The summed E-state index contributed by atoms with van der Waals surface area (Å²) in [4.78, 5) is 2.62. The number of nitrogens with zero attached hydrogens (tertiary/aromatic N) is 1. The Labute approximate surface area is 150 Å². The van der Waals surface area contributed by atoms with Gasteiger partial charge in [0.05, 0.1) is 0 Å². The molecule has 2 nitrogen and oxygen atoms in total. The molecule has 0 N–H and O–H groups in total. The zero-order valence-corrected chi connectivity index (χ0v) is 15.1. The van der Waals surface area contributed by atoms with Gasteiger partial charge >= 0.3 is 0 Å². The Hall–Kier alpha value is -1.80. The van der Waals surface area contributed by atoms with Crippen LogP contribution < -0.4 is 4.74 Å². The van der Waals surface area contributed by atoms with Gasteiger partial charge in [-0.05, 0) is 69.0 Å². The number of hydrogen-bond acceptors (Lipinski definition) is 2. The number of rotatable bonds is 2. The molecule has 5 rings (SSSR count). The van der Waals surface area contributed by atoms with Crippen LogP contribution in [0, 0.1) is 5.92 Å². The largest absolute Gasteiger partial charge is 0.457 e. The molecular formula is C23H27NO. The average Bonchev–Trinajstić information content (AvgIpc) is 2.66. The van der Waals surface area contributed by atoms with E-state index < -0.39 is 0 Å². The first kappa shape index (κ1) is 15.5. The first-order chi connectivity index (χ1) is 12.3. The Morgan fingerprint density at radius 2 is 1.88 bits per heavy atom. The fourth-order valence-corrected chi connectivity index (χ4v) is 5.92. The van der Waals surface area contributed by atoms with Crippen molar-refractivity contribution in [3.05, 3.63) is 59.7 Å². The zero-order chi connectivity index (χ0) is 16.9. The number of likely N-dealkylation sites (tertiary alicyclic amines) is 1. The molecule has 1 saturated heterocycles. The van der Waals surface area contributed by atoms with Crippen molar-refractivity contribution < 1.29 is 4.74 Å². The molecule has 2 aromatic carbocycles. The normalized spacial score (nSPS) is 31.1. The van der Waals surface area contributed by atoms with E-state index in [9.17, 15) is 0 Å². The van der Waals surface area contributed by atoms with Crippen LogP contribution in [0.3, 0.4) is 0 Å². The summed E-state index contributed by atoms with van der Waals surface area (Å²) in [6, 6.07) is 17.7. The first-order valence-electron chi connectivity index (χ1n) is 9.83. The number of ether oxygens (including phenoxy) is 1. The highest BCUT2D eigenvalue weighted by Gasteiger charge is 2.53. The van der Waals surface area contributed by atoms with Crippen molar-refractivity contribution in [1.29, 1.82) is 0 Å². The van der Waals surface area contributed by atoms with Crippen molar-refractivity contribution in [2.24, 2.45) is 5.92 Å². The minimum atomic E-state index is 0.402. The molecule has 1 aliphatic heterocycles. The second-order valence-corrected chi connectivity index (χ2v) is 8.21. The Morgan fingerprint density at radius 1 is 1.00 bits per heavy atom. The van der Waals surface area contributed by atoms with E-state index in [-0.39, 0.29) is 0 Å². The van der Waals surface area contributed by atoms with Crippen molar-refractivity contribution in [2.75, 3.05) is 13.6 Å². The molecule has 0 spiro atoms. The molecule has 2 bridgehead atoms. The SMILES string of the molecule is CN1CC[C@]23CCCC[C@H]2[C@H]1Cc1c(Oc2ccccc2)cccc13. The monoisotopic (exact) mass is 333 g/mol. The van der Waals surface area contributed by atoms with E-state index in [2.05, 4.69) is 42.3 Å². The van der Waals surface area contributed by atoms with Crippen LogP contribution in [0.15, 0.2) is 48.5 Å². The molecule has 2 aromatic rings. The molecule has 0 aromatic heterocycles. The lowest BCUT2D eigenvalue weighted by Gasteiger charge is -2.58. The molecular weight excluding hydrogens is 306 g/mol. The number of benzene rings is 2. The molecule has 2 fully saturated rings. The molecule has 0 unspecified atom stereocenters. The highest BCUT2D eigenvalue weighted by atomic mass is 16.5. The van der Waals surface area contributed by atoms with Gasteiger partial charge in [0.25, 0.3) is 0 Å². The highest BCUT2D eigenvalue weighted by Crippen LogP contribution is 2.56. The fourth-order valence-electron chi connectivity index (χ4n) is 5.92. The third-order valence-electron chi connectivity index (χ3n) is 7.09. The second kappa shape index (κ2) is 5.88. The quantitative estimate of drug-likeness (QED) is 0.752. The van der Waals surface area contributed by atoms with Gasteiger partial charge in [0.1, 0.15) is 11.5 Å². The molecule has 25 heavy (non-hydrogen) atoms. The van der Waals surface area contributed by atoms with Gasteiger partial charge in [0.2, 0.25) is 0 Å². The number of piperidine rings is 1. The summed E-state index contributed by atoms with van der Waals surface area (Å²) in [5.41, 5.74) is 3.48. The fraction of sp³-hybridized carbons (Fsp3) is 0.478. The van der Waals surface area contributed by atoms with Crippen LogP contribution in [0.2, 0.25) is 0 Å². The molecule has 3 atom stereocenters. The predicted molar refractivity (Wildman–Crippen MR) is 101 cm³/mol. The van der Waals surface area contributed by atoms with Crippen LogP contribution in [-0.2, 0) is 11.8 Å². The molecule has 1 saturated carbocycles. The summed E-state index contributed by atoms with van der Waals surface area (Å²) < 4.78 is 6.34. The van der Waals surface area contributed by atoms with Gasteiger partial charge in [-0.15, -0.1) is 0 Å². The van der Waals surface area contributed by atoms with Crippen LogP contribution in [0.1, 0.15) is 43.2 Å². The molecule has 1 heterocycles. The van der Waals surface area contributed by atoms with Crippen molar-refractivity contribution >= 4 is 0 Å². The van der Waals surface area contributed by atoms with Crippen LogP contribution in [-0.4, -0.2) is 24.5 Å². The number of fused-ring (bicyclic) bond motifs is 1. The standard InChI is InChI=1S/C23H27NO/c1-24-15-14-23-13-6-5-10-20(23)21(24)16-18-19(23)11-7-12-22(18)25-17-8-3-2-4-9-17/h2-4,7-9,11-12,20-21H,5-6,10,13-16H2,1H3/t20-,21+,23-/m0/s1. The summed E-state index contributed by atoms with van der Waals surface area (Å²) in [6.07, 6.45) is 8.01. The van der Waals surface area contributed by atoms with E-state index in [4.69, 9.17) is 4.74 Å². The van der Waals surface area contributed by atoms with Gasteiger partial charge < -0.3 is 9.64 Å². The third-order valence-corrected chi connectivity index (χ3v) is 7.09. The maximum atomic E-state index is 6.34. The maximum Gasteiger partial charge on any atom is 0.130 e. The van der Waals surface area contributed by atoms with Gasteiger partial charge in [0, 0.05) is 17.0 Å². The van der Waals surface area contributed by atoms with Crippen LogP contribution in [0.4, 0.5) is 0 Å². The summed E-state index contributed by atoms with van der Waals surface area (Å²) in [5.74, 6) is 2.85. The van der Waals surface area contributed by atoms with Crippen molar-refractivity contribution in [3.63, 3.8) is 0 Å². The number of likely N-dealkylation sites (N-methyl/N-ethyl adjacent to an activating group) is 1. The number of para-hydroxylation sites is 1. The maximum absolute atomic E-state index is 6.34. The molecule has 0 radical (unpaired) electrons. The highest BCUT2D eigenvalue weighted by molar-refractivity contribution is 5.50. The van der Waals surface area contributed by atoms with Gasteiger partial charge in [-0.2, -0.15) is 0 Å². The van der Waals surface area contributed by atoms with Crippen molar-refractivity contribution in [1.82, 2.24) is 4.90 Å².